The van der Waals surface area contributed by atoms with Gasteiger partial charge in [-0.15, -0.1) is 0 Å². The van der Waals surface area contributed by atoms with E-state index in [1.54, 1.807) is 0 Å². The molecule has 110 valence electrons. The molecule has 5 nitrogen and oxygen atoms in total. The molecule has 1 atom stereocenters. The second-order valence-corrected chi connectivity index (χ2v) is 5.29. The SMILES string of the molecule is CC(O)c1ccc(Oc2cc(Br)cc([N+](=O)[O-])c2)c(F)c1. The molecule has 0 heterocycles. The van der Waals surface area contributed by atoms with Crippen molar-refractivity contribution in [3.63, 3.8) is 0 Å². The van der Waals surface area contributed by atoms with Crippen LogP contribution in [-0.2, 0) is 0 Å². The van der Waals surface area contributed by atoms with Gasteiger partial charge in [-0.05, 0) is 30.7 Å². The second kappa shape index (κ2) is 6.19. The van der Waals surface area contributed by atoms with Crippen LogP contribution in [-0.4, -0.2) is 10.0 Å². The van der Waals surface area contributed by atoms with Gasteiger partial charge in [-0.1, -0.05) is 22.0 Å². The number of aliphatic hydroxyl groups excluding tert-OH is 1. The van der Waals surface area contributed by atoms with Crippen molar-refractivity contribution in [3.8, 4) is 11.5 Å². The van der Waals surface area contributed by atoms with Crippen molar-refractivity contribution in [1.82, 2.24) is 0 Å². The zero-order valence-corrected chi connectivity index (χ0v) is 12.5. The second-order valence-electron chi connectivity index (χ2n) is 4.37. The number of aliphatic hydroxyl groups is 1. The van der Waals surface area contributed by atoms with Gasteiger partial charge in [0, 0.05) is 10.5 Å². The normalized spacial score (nSPS) is 12.0. The maximum absolute atomic E-state index is 13.9. The maximum atomic E-state index is 13.9. The van der Waals surface area contributed by atoms with Crippen molar-refractivity contribution >= 4 is 21.6 Å². The third kappa shape index (κ3) is 3.77. The molecule has 0 spiro atoms. The summed E-state index contributed by atoms with van der Waals surface area (Å²) in [6.07, 6.45) is -0.791. The molecule has 0 aliphatic heterocycles. The summed E-state index contributed by atoms with van der Waals surface area (Å²) in [5.41, 5.74) is 0.250. The third-order valence-corrected chi connectivity index (χ3v) is 3.19. The first-order chi connectivity index (χ1) is 9.86. The monoisotopic (exact) mass is 355 g/mol. The van der Waals surface area contributed by atoms with Gasteiger partial charge in [0.1, 0.15) is 5.75 Å². The third-order valence-electron chi connectivity index (χ3n) is 2.73. The smallest absolute Gasteiger partial charge is 0.274 e. The fraction of sp³-hybridized carbons (Fsp3) is 0.143. The highest BCUT2D eigenvalue weighted by Gasteiger charge is 2.13. The highest BCUT2D eigenvalue weighted by atomic mass is 79.9. The van der Waals surface area contributed by atoms with Gasteiger partial charge in [-0.25, -0.2) is 4.39 Å². The number of halogens is 2. The van der Waals surface area contributed by atoms with Crippen LogP contribution in [0.1, 0.15) is 18.6 Å². The summed E-state index contributed by atoms with van der Waals surface area (Å²) in [6, 6.07) is 8.06. The first-order valence-electron chi connectivity index (χ1n) is 5.97. The largest absolute Gasteiger partial charge is 0.454 e. The lowest BCUT2D eigenvalue weighted by Crippen LogP contribution is -1.95. The Kier molecular flexibility index (Phi) is 4.54. The Morgan fingerprint density at radius 3 is 2.62 bits per heavy atom. The fourth-order valence-electron chi connectivity index (χ4n) is 1.70. The number of rotatable bonds is 4. The highest BCUT2D eigenvalue weighted by molar-refractivity contribution is 9.10. The van der Waals surface area contributed by atoms with Gasteiger partial charge in [-0.3, -0.25) is 10.1 Å². The lowest BCUT2D eigenvalue weighted by atomic mass is 10.1. The zero-order valence-electron chi connectivity index (χ0n) is 10.9. The van der Waals surface area contributed by atoms with Crippen LogP contribution in [0.15, 0.2) is 40.9 Å². The van der Waals surface area contributed by atoms with Crippen molar-refractivity contribution in [2.75, 3.05) is 0 Å². The summed E-state index contributed by atoms with van der Waals surface area (Å²) >= 11 is 3.13. The topological polar surface area (TPSA) is 72.6 Å². The molecule has 0 amide bonds. The van der Waals surface area contributed by atoms with E-state index in [9.17, 15) is 19.6 Å². The summed E-state index contributed by atoms with van der Waals surface area (Å²) < 4.78 is 19.7. The Balaban J connectivity index is 2.32. The van der Waals surface area contributed by atoms with E-state index in [4.69, 9.17) is 4.74 Å². The molecule has 0 aliphatic carbocycles. The standard InChI is InChI=1S/C14H11BrFNO4/c1-8(18)9-2-3-14(13(16)4-9)21-12-6-10(15)5-11(7-12)17(19)20/h2-8,18H,1H3. The summed E-state index contributed by atoms with van der Waals surface area (Å²) in [5, 5.41) is 20.1. The van der Waals surface area contributed by atoms with Crippen molar-refractivity contribution in [2.24, 2.45) is 0 Å². The number of non-ortho nitro benzene ring substituents is 1. The van der Waals surface area contributed by atoms with Crippen LogP contribution in [0.4, 0.5) is 10.1 Å². The van der Waals surface area contributed by atoms with Crippen LogP contribution in [0, 0.1) is 15.9 Å². The molecule has 2 aromatic carbocycles. The molecule has 0 radical (unpaired) electrons. The number of nitro benzene ring substituents is 1. The number of nitrogens with zero attached hydrogens (tertiary/aromatic N) is 1. The molecule has 21 heavy (non-hydrogen) atoms. The van der Waals surface area contributed by atoms with Gasteiger partial charge in [0.05, 0.1) is 17.1 Å². The first kappa shape index (κ1) is 15.4. The molecule has 0 bridgehead atoms. The molecule has 0 fully saturated rings. The quantitative estimate of drug-likeness (QED) is 0.653. The van der Waals surface area contributed by atoms with Crippen molar-refractivity contribution in [2.45, 2.75) is 13.0 Å². The van der Waals surface area contributed by atoms with Crippen LogP contribution in [0.5, 0.6) is 11.5 Å². The summed E-state index contributed by atoms with van der Waals surface area (Å²) in [7, 11) is 0. The van der Waals surface area contributed by atoms with E-state index in [2.05, 4.69) is 15.9 Å². The molecule has 0 saturated carbocycles. The minimum absolute atomic E-state index is 0.0770. The molecular weight excluding hydrogens is 345 g/mol. The fourth-order valence-corrected chi connectivity index (χ4v) is 2.16. The Hall–Kier alpha value is -1.99. The van der Waals surface area contributed by atoms with Gasteiger partial charge in [0.25, 0.3) is 5.69 Å². The van der Waals surface area contributed by atoms with Gasteiger partial charge in [0.2, 0.25) is 0 Å². The predicted molar refractivity (Wildman–Crippen MR) is 77.9 cm³/mol. The van der Waals surface area contributed by atoms with E-state index >= 15 is 0 Å². The minimum atomic E-state index is -0.791. The van der Waals surface area contributed by atoms with Gasteiger partial charge in [-0.2, -0.15) is 0 Å². The van der Waals surface area contributed by atoms with Gasteiger partial charge in [0.15, 0.2) is 11.6 Å². The number of ether oxygens (including phenoxy) is 1. The van der Waals surface area contributed by atoms with Crippen LogP contribution < -0.4 is 4.74 Å². The van der Waals surface area contributed by atoms with E-state index < -0.39 is 16.8 Å². The maximum Gasteiger partial charge on any atom is 0.274 e. The molecule has 1 N–H and O–H groups in total. The summed E-state index contributed by atoms with van der Waals surface area (Å²) in [5.74, 6) is -0.595. The van der Waals surface area contributed by atoms with E-state index in [1.165, 1.54) is 37.3 Å². The molecular formula is C14H11BrFNO4. The molecule has 0 saturated heterocycles. The zero-order chi connectivity index (χ0) is 15.6. The van der Waals surface area contributed by atoms with Gasteiger partial charge >= 0.3 is 0 Å². The minimum Gasteiger partial charge on any atom is -0.454 e. The lowest BCUT2D eigenvalue weighted by molar-refractivity contribution is -0.385. The predicted octanol–water partition coefficient (Wildman–Crippen LogP) is 4.34. The Labute approximate surface area is 128 Å². The summed E-state index contributed by atoms with van der Waals surface area (Å²) in [4.78, 5) is 10.2. The van der Waals surface area contributed by atoms with Crippen molar-refractivity contribution in [1.29, 1.82) is 0 Å². The Morgan fingerprint density at radius 1 is 1.33 bits per heavy atom. The molecule has 0 aliphatic rings. The van der Waals surface area contributed by atoms with Crippen molar-refractivity contribution in [3.05, 3.63) is 62.4 Å². The average molecular weight is 356 g/mol. The number of benzene rings is 2. The average Bonchev–Trinajstić information content (AvgIpc) is 2.40. The summed E-state index contributed by atoms with van der Waals surface area (Å²) in [6.45, 7) is 1.52. The van der Waals surface area contributed by atoms with E-state index in [1.807, 2.05) is 0 Å². The van der Waals surface area contributed by atoms with E-state index in [0.29, 0.717) is 10.0 Å². The molecule has 2 aromatic rings. The van der Waals surface area contributed by atoms with Crippen LogP contribution in [0.2, 0.25) is 0 Å². The molecule has 1 unspecified atom stereocenters. The number of hydrogen-bond acceptors (Lipinski definition) is 4. The molecule has 2 rings (SSSR count). The highest BCUT2D eigenvalue weighted by Crippen LogP contribution is 2.31. The van der Waals surface area contributed by atoms with Crippen LogP contribution in [0.25, 0.3) is 0 Å². The van der Waals surface area contributed by atoms with Crippen LogP contribution in [0.3, 0.4) is 0 Å². The molecule has 7 heteroatoms. The first-order valence-corrected chi connectivity index (χ1v) is 6.76. The van der Waals surface area contributed by atoms with E-state index in [-0.39, 0.29) is 17.2 Å². The van der Waals surface area contributed by atoms with Crippen molar-refractivity contribution < 1.29 is 19.2 Å². The lowest BCUT2D eigenvalue weighted by Gasteiger charge is -2.10. The van der Waals surface area contributed by atoms with E-state index in [0.717, 1.165) is 6.07 Å². The number of nitro groups is 1. The van der Waals surface area contributed by atoms with Crippen LogP contribution >= 0.6 is 15.9 Å². The van der Waals surface area contributed by atoms with Gasteiger partial charge < -0.3 is 9.84 Å². The Bertz CT molecular complexity index is 691. The number of hydrogen-bond donors (Lipinski definition) is 1. The Morgan fingerprint density at radius 2 is 2.05 bits per heavy atom. The molecule has 0 aromatic heterocycles.